The smallest absolute Gasteiger partial charge is 0.242 e. The molecule has 1 atom stereocenters. The van der Waals surface area contributed by atoms with Crippen LogP contribution in [0.4, 0.5) is 0 Å². The Kier molecular flexibility index (Phi) is 3.73. The summed E-state index contributed by atoms with van der Waals surface area (Å²) in [5, 5.41) is 0. The summed E-state index contributed by atoms with van der Waals surface area (Å²) in [7, 11) is 1.81. The second-order valence-electron chi connectivity index (χ2n) is 5.73. The molecule has 2 rings (SSSR count). The largest absolute Gasteiger partial charge is 0.381 e. The van der Waals surface area contributed by atoms with E-state index in [2.05, 4.69) is 0 Å². The highest BCUT2D eigenvalue weighted by Crippen LogP contribution is 2.23. The Morgan fingerprint density at radius 2 is 2.17 bits per heavy atom. The molecule has 2 fully saturated rings. The second-order valence-corrected chi connectivity index (χ2v) is 5.73. The van der Waals surface area contributed by atoms with Crippen molar-refractivity contribution in [2.45, 2.75) is 25.8 Å². The summed E-state index contributed by atoms with van der Waals surface area (Å²) in [4.78, 5) is 28.0. The maximum Gasteiger partial charge on any atom is 0.242 e. The Labute approximate surface area is 108 Å². The molecule has 1 amide bonds. The monoisotopic (exact) mass is 254 g/mol. The number of likely N-dealkylation sites (N-methyl/N-ethyl adjacent to an activating group) is 1. The number of Topliss-reactive ketones (excluding diaryl/α,β-unsaturated/α-hetero) is 1. The predicted octanol–water partition coefficient (Wildman–Crippen LogP) is 0.145. The van der Waals surface area contributed by atoms with Gasteiger partial charge in [0.05, 0.1) is 18.7 Å². The number of rotatable bonds is 3. The normalized spacial score (nSPS) is 28.7. The summed E-state index contributed by atoms with van der Waals surface area (Å²) in [5.74, 6) is 0.317. The first-order valence-corrected chi connectivity index (χ1v) is 6.54. The molecule has 102 valence electrons. The van der Waals surface area contributed by atoms with E-state index in [9.17, 15) is 9.59 Å². The summed E-state index contributed by atoms with van der Waals surface area (Å²) in [6.07, 6.45) is 0.820. The van der Waals surface area contributed by atoms with Crippen LogP contribution < -0.4 is 0 Å². The second kappa shape index (κ2) is 4.97. The molecule has 0 spiro atoms. The summed E-state index contributed by atoms with van der Waals surface area (Å²) in [6, 6.07) is 0. The van der Waals surface area contributed by atoms with Crippen LogP contribution in [0.25, 0.3) is 0 Å². The number of carbonyl (C=O) groups is 2. The van der Waals surface area contributed by atoms with E-state index < -0.39 is 5.54 Å². The van der Waals surface area contributed by atoms with Gasteiger partial charge in [0.1, 0.15) is 0 Å². The highest BCUT2D eigenvalue weighted by atomic mass is 16.5. The third-order valence-corrected chi connectivity index (χ3v) is 4.10. The van der Waals surface area contributed by atoms with Gasteiger partial charge in [-0.25, -0.2) is 0 Å². The van der Waals surface area contributed by atoms with Crippen LogP contribution >= 0.6 is 0 Å². The highest BCUT2D eigenvalue weighted by molar-refractivity contribution is 5.88. The molecule has 0 N–H and O–H groups in total. The number of piperazine rings is 1. The molecule has 0 aliphatic carbocycles. The first-order chi connectivity index (χ1) is 8.43. The number of carbonyl (C=O) groups excluding carboxylic acids is 2. The minimum Gasteiger partial charge on any atom is -0.381 e. The van der Waals surface area contributed by atoms with Crippen molar-refractivity contribution in [1.29, 1.82) is 0 Å². The van der Waals surface area contributed by atoms with Crippen LogP contribution in [0.1, 0.15) is 20.3 Å². The van der Waals surface area contributed by atoms with Gasteiger partial charge in [0.15, 0.2) is 5.78 Å². The molecular weight excluding hydrogens is 232 g/mol. The summed E-state index contributed by atoms with van der Waals surface area (Å²) < 4.78 is 5.24. The van der Waals surface area contributed by atoms with Gasteiger partial charge in [0.2, 0.25) is 5.91 Å². The molecular formula is C13H22N2O3. The Bertz CT molecular complexity index is 348. The maximum absolute atomic E-state index is 12.1. The third-order valence-electron chi connectivity index (χ3n) is 4.10. The fourth-order valence-electron chi connectivity index (χ4n) is 2.64. The Morgan fingerprint density at radius 3 is 2.78 bits per heavy atom. The van der Waals surface area contributed by atoms with E-state index in [0.717, 1.165) is 13.0 Å². The van der Waals surface area contributed by atoms with Gasteiger partial charge >= 0.3 is 0 Å². The molecule has 0 saturated carbocycles. The molecule has 5 heteroatoms. The molecule has 0 aromatic rings. The Morgan fingerprint density at radius 1 is 1.44 bits per heavy atom. The van der Waals surface area contributed by atoms with E-state index in [0.29, 0.717) is 26.3 Å². The standard InChI is InChI=1S/C13H22N2O3/c1-13(2)12(17)14(3)5-6-15(13)8-11(16)10-4-7-18-9-10/h10H,4-9H2,1-3H3. The van der Waals surface area contributed by atoms with E-state index in [1.54, 1.807) is 4.90 Å². The van der Waals surface area contributed by atoms with Gasteiger partial charge in [0.25, 0.3) is 0 Å². The maximum atomic E-state index is 12.1. The van der Waals surface area contributed by atoms with Crippen molar-refractivity contribution in [3.8, 4) is 0 Å². The van der Waals surface area contributed by atoms with Gasteiger partial charge in [-0.15, -0.1) is 0 Å². The Hall–Kier alpha value is -0.940. The molecule has 0 aromatic carbocycles. The lowest BCUT2D eigenvalue weighted by molar-refractivity contribution is -0.148. The lowest BCUT2D eigenvalue weighted by Gasteiger charge is -2.44. The molecule has 0 radical (unpaired) electrons. The fourth-order valence-corrected chi connectivity index (χ4v) is 2.64. The third kappa shape index (κ3) is 2.42. The van der Waals surface area contributed by atoms with Crippen LogP contribution in [-0.4, -0.2) is 66.9 Å². The van der Waals surface area contributed by atoms with Crippen molar-refractivity contribution in [2.24, 2.45) is 5.92 Å². The number of hydrogen-bond acceptors (Lipinski definition) is 4. The molecule has 1 unspecified atom stereocenters. The minimum absolute atomic E-state index is 0.0237. The molecule has 2 saturated heterocycles. The number of ether oxygens (including phenoxy) is 1. The topological polar surface area (TPSA) is 49.9 Å². The van der Waals surface area contributed by atoms with Crippen LogP contribution in [0.15, 0.2) is 0 Å². The van der Waals surface area contributed by atoms with Crippen molar-refractivity contribution in [2.75, 3.05) is 39.9 Å². The molecule has 2 aliphatic rings. The van der Waals surface area contributed by atoms with Crippen molar-refractivity contribution in [3.05, 3.63) is 0 Å². The van der Waals surface area contributed by atoms with E-state index in [1.807, 2.05) is 25.8 Å². The summed E-state index contributed by atoms with van der Waals surface area (Å²) >= 11 is 0. The zero-order chi connectivity index (χ0) is 13.3. The molecule has 2 heterocycles. The van der Waals surface area contributed by atoms with Crippen molar-refractivity contribution in [1.82, 2.24) is 9.80 Å². The SMILES string of the molecule is CN1CCN(CC(=O)C2CCOC2)C(C)(C)C1=O. The average Bonchev–Trinajstić information content (AvgIpc) is 2.84. The molecule has 5 nitrogen and oxygen atoms in total. The van der Waals surface area contributed by atoms with E-state index in [4.69, 9.17) is 4.74 Å². The van der Waals surface area contributed by atoms with Crippen molar-refractivity contribution < 1.29 is 14.3 Å². The van der Waals surface area contributed by atoms with Gasteiger partial charge in [-0.2, -0.15) is 0 Å². The van der Waals surface area contributed by atoms with E-state index in [-0.39, 0.29) is 17.6 Å². The lowest BCUT2D eigenvalue weighted by Crippen LogP contribution is -2.63. The molecule has 0 aromatic heterocycles. The number of amides is 1. The fraction of sp³-hybridized carbons (Fsp3) is 0.846. The van der Waals surface area contributed by atoms with Crippen LogP contribution in [0.3, 0.4) is 0 Å². The average molecular weight is 254 g/mol. The van der Waals surface area contributed by atoms with Crippen LogP contribution in [0.2, 0.25) is 0 Å². The molecule has 0 bridgehead atoms. The van der Waals surface area contributed by atoms with Gasteiger partial charge in [-0.3, -0.25) is 14.5 Å². The van der Waals surface area contributed by atoms with Gasteiger partial charge < -0.3 is 9.64 Å². The zero-order valence-electron chi connectivity index (χ0n) is 11.4. The Balaban J connectivity index is 2.00. The highest BCUT2D eigenvalue weighted by Gasteiger charge is 2.41. The van der Waals surface area contributed by atoms with Gasteiger partial charge in [0, 0.05) is 32.7 Å². The summed E-state index contributed by atoms with van der Waals surface area (Å²) in [6.45, 7) is 6.82. The first kappa shape index (κ1) is 13.5. The zero-order valence-corrected chi connectivity index (χ0v) is 11.4. The molecule has 2 aliphatic heterocycles. The molecule has 18 heavy (non-hydrogen) atoms. The quantitative estimate of drug-likeness (QED) is 0.719. The number of nitrogens with zero attached hydrogens (tertiary/aromatic N) is 2. The summed E-state index contributed by atoms with van der Waals surface area (Å²) in [5.41, 5.74) is -0.581. The van der Waals surface area contributed by atoms with E-state index >= 15 is 0 Å². The van der Waals surface area contributed by atoms with Crippen LogP contribution in [-0.2, 0) is 14.3 Å². The van der Waals surface area contributed by atoms with Crippen molar-refractivity contribution in [3.63, 3.8) is 0 Å². The first-order valence-electron chi connectivity index (χ1n) is 6.54. The van der Waals surface area contributed by atoms with E-state index in [1.165, 1.54) is 0 Å². The number of hydrogen-bond donors (Lipinski definition) is 0. The van der Waals surface area contributed by atoms with Crippen molar-refractivity contribution >= 4 is 11.7 Å². The van der Waals surface area contributed by atoms with Gasteiger partial charge in [-0.05, 0) is 20.3 Å². The van der Waals surface area contributed by atoms with Crippen LogP contribution in [0, 0.1) is 5.92 Å². The predicted molar refractivity (Wildman–Crippen MR) is 67.2 cm³/mol. The minimum atomic E-state index is -0.581. The number of ketones is 1. The van der Waals surface area contributed by atoms with Crippen LogP contribution in [0.5, 0.6) is 0 Å². The van der Waals surface area contributed by atoms with Gasteiger partial charge in [-0.1, -0.05) is 0 Å². The lowest BCUT2D eigenvalue weighted by atomic mass is 9.95.